The van der Waals surface area contributed by atoms with Crippen molar-refractivity contribution in [2.75, 3.05) is 5.73 Å². The molecule has 1 aromatic carbocycles. The first kappa shape index (κ1) is 13.3. The maximum atomic E-state index is 11.9. The van der Waals surface area contributed by atoms with E-state index in [0.717, 1.165) is 0 Å². The van der Waals surface area contributed by atoms with Crippen LogP contribution in [0, 0.1) is 0 Å². The van der Waals surface area contributed by atoms with Crippen LogP contribution >= 0.6 is 11.6 Å². The van der Waals surface area contributed by atoms with E-state index < -0.39 is 15.6 Å². The molecule has 90 valence electrons. The van der Waals surface area contributed by atoms with Gasteiger partial charge in [-0.3, -0.25) is 0 Å². The van der Waals surface area contributed by atoms with E-state index in [0.29, 0.717) is 5.69 Å². The molecule has 6 heteroatoms. The van der Waals surface area contributed by atoms with Gasteiger partial charge in [-0.25, -0.2) is 13.1 Å². The van der Waals surface area contributed by atoms with Crippen molar-refractivity contribution in [3.8, 4) is 0 Å². The standard InChI is InChI=1S/C10H15ClN2O2S/c1-10(2,3)13-16(14,15)9-5-4-7(12)6-8(9)11/h4-6,13H,12H2,1-3H3. The van der Waals surface area contributed by atoms with Gasteiger partial charge in [0.15, 0.2) is 0 Å². The first-order valence-electron chi connectivity index (χ1n) is 4.71. The topological polar surface area (TPSA) is 72.2 Å². The summed E-state index contributed by atoms with van der Waals surface area (Å²) in [4.78, 5) is 0.0401. The zero-order chi connectivity index (χ0) is 12.6. The van der Waals surface area contributed by atoms with Crippen LogP contribution in [0.3, 0.4) is 0 Å². The molecule has 0 saturated heterocycles. The molecular formula is C10H15ClN2O2S. The molecule has 0 heterocycles. The average molecular weight is 263 g/mol. The van der Waals surface area contributed by atoms with Crippen LogP contribution in [-0.2, 0) is 10.0 Å². The Kier molecular flexibility index (Phi) is 3.52. The summed E-state index contributed by atoms with van der Waals surface area (Å²) in [6, 6.07) is 4.31. The molecule has 1 aromatic rings. The Hall–Kier alpha value is -0.780. The second-order valence-electron chi connectivity index (χ2n) is 4.55. The normalized spacial score (nSPS) is 12.8. The molecule has 4 nitrogen and oxygen atoms in total. The van der Waals surface area contributed by atoms with Crippen molar-refractivity contribution in [2.24, 2.45) is 0 Å². The van der Waals surface area contributed by atoms with Crippen LogP contribution in [0.5, 0.6) is 0 Å². The lowest BCUT2D eigenvalue weighted by Crippen LogP contribution is -2.40. The molecule has 0 atom stereocenters. The summed E-state index contributed by atoms with van der Waals surface area (Å²) >= 11 is 5.84. The first-order valence-corrected chi connectivity index (χ1v) is 6.57. The quantitative estimate of drug-likeness (QED) is 0.801. The molecule has 1 rings (SSSR count). The van der Waals surface area contributed by atoms with E-state index in [1.54, 1.807) is 20.8 Å². The minimum atomic E-state index is -3.60. The summed E-state index contributed by atoms with van der Waals surface area (Å²) in [5.41, 5.74) is 5.38. The van der Waals surface area contributed by atoms with E-state index in [9.17, 15) is 8.42 Å². The third-order valence-electron chi connectivity index (χ3n) is 1.69. The van der Waals surface area contributed by atoms with Crippen LogP contribution in [0.15, 0.2) is 23.1 Å². The first-order chi connectivity index (χ1) is 7.12. The highest BCUT2D eigenvalue weighted by Crippen LogP contribution is 2.24. The van der Waals surface area contributed by atoms with Gasteiger partial charge in [0.2, 0.25) is 10.0 Å². The third-order valence-corrected chi connectivity index (χ3v) is 3.93. The van der Waals surface area contributed by atoms with Crippen LogP contribution in [0.25, 0.3) is 0 Å². The molecule has 0 aliphatic rings. The number of nitrogens with two attached hydrogens (primary N) is 1. The number of sulfonamides is 1. The number of hydrogen-bond acceptors (Lipinski definition) is 3. The maximum absolute atomic E-state index is 11.9. The minimum Gasteiger partial charge on any atom is -0.399 e. The van der Waals surface area contributed by atoms with E-state index in [1.807, 2.05) is 0 Å². The Balaban J connectivity index is 3.18. The van der Waals surface area contributed by atoms with E-state index in [4.69, 9.17) is 17.3 Å². The molecule has 0 aromatic heterocycles. The highest BCUT2D eigenvalue weighted by Gasteiger charge is 2.23. The van der Waals surface area contributed by atoms with E-state index in [2.05, 4.69) is 4.72 Å². The van der Waals surface area contributed by atoms with E-state index in [1.165, 1.54) is 18.2 Å². The van der Waals surface area contributed by atoms with Crippen molar-refractivity contribution in [1.82, 2.24) is 4.72 Å². The molecule has 3 N–H and O–H groups in total. The van der Waals surface area contributed by atoms with Crippen molar-refractivity contribution in [1.29, 1.82) is 0 Å². The molecule has 0 spiro atoms. The number of hydrogen-bond donors (Lipinski definition) is 2. The van der Waals surface area contributed by atoms with Crippen molar-refractivity contribution in [3.05, 3.63) is 23.2 Å². The van der Waals surface area contributed by atoms with Gasteiger partial charge in [-0.05, 0) is 39.0 Å². The van der Waals surface area contributed by atoms with Crippen LogP contribution in [0.2, 0.25) is 5.02 Å². The molecule has 16 heavy (non-hydrogen) atoms. The molecule has 0 unspecified atom stereocenters. The van der Waals surface area contributed by atoms with Crippen LogP contribution in [-0.4, -0.2) is 14.0 Å². The summed E-state index contributed by atoms with van der Waals surface area (Å²) in [5, 5.41) is 0.122. The summed E-state index contributed by atoms with van der Waals surface area (Å²) in [6.45, 7) is 5.28. The zero-order valence-corrected chi connectivity index (χ0v) is 11.0. The Labute approximate surface area is 101 Å². The Morgan fingerprint density at radius 1 is 1.31 bits per heavy atom. The van der Waals surface area contributed by atoms with Crippen molar-refractivity contribution < 1.29 is 8.42 Å². The number of benzene rings is 1. The number of rotatable bonds is 2. The van der Waals surface area contributed by atoms with Crippen molar-refractivity contribution in [3.63, 3.8) is 0 Å². The average Bonchev–Trinajstić information content (AvgIpc) is 1.97. The third kappa shape index (κ3) is 3.37. The Bertz CT molecular complexity index is 492. The number of anilines is 1. The van der Waals surface area contributed by atoms with Crippen LogP contribution < -0.4 is 10.5 Å². The highest BCUT2D eigenvalue weighted by atomic mass is 35.5. The van der Waals surface area contributed by atoms with Crippen LogP contribution in [0.1, 0.15) is 20.8 Å². The van der Waals surface area contributed by atoms with Gasteiger partial charge < -0.3 is 5.73 Å². The predicted octanol–water partition coefficient (Wildman–Crippen LogP) is 2.00. The van der Waals surface area contributed by atoms with Gasteiger partial charge in [-0.2, -0.15) is 0 Å². The maximum Gasteiger partial charge on any atom is 0.242 e. The van der Waals surface area contributed by atoms with Gasteiger partial charge in [-0.1, -0.05) is 11.6 Å². The monoisotopic (exact) mass is 262 g/mol. The van der Waals surface area contributed by atoms with Gasteiger partial charge in [0.25, 0.3) is 0 Å². The van der Waals surface area contributed by atoms with E-state index >= 15 is 0 Å². The van der Waals surface area contributed by atoms with Crippen LogP contribution in [0.4, 0.5) is 5.69 Å². The lowest BCUT2D eigenvalue weighted by Gasteiger charge is -2.20. The number of halogens is 1. The number of nitrogens with one attached hydrogen (secondary N) is 1. The zero-order valence-electron chi connectivity index (χ0n) is 9.41. The Morgan fingerprint density at radius 3 is 2.31 bits per heavy atom. The lowest BCUT2D eigenvalue weighted by atomic mass is 10.1. The summed E-state index contributed by atoms with van der Waals surface area (Å²) < 4.78 is 26.4. The molecular weight excluding hydrogens is 248 g/mol. The Morgan fingerprint density at radius 2 is 1.88 bits per heavy atom. The summed E-state index contributed by atoms with van der Waals surface area (Å²) in [5.74, 6) is 0. The number of nitrogen functional groups attached to an aromatic ring is 1. The fraction of sp³-hybridized carbons (Fsp3) is 0.400. The second-order valence-corrected chi connectivity index (χ2v) is 6.60. The van der Waals surface area contributed by atoms with Gasteiger partial charge in [0, 0.05) is 11.2 Å². The van der Waals surface area contributed by atoms with Gasteiger partial charge in [0.1, 0.15) is 4.90 Å². The SMILES string of the molecule is CC(C)(C)NS(=O)(=O)c1ccc(N)cc1Cl. The van der Waals surface area contributed by atoms with Gasteiger partial charge >= 0.3 is 0 Å². The molecule has 0 aliphatic heterocycles. The smallest absolute Gasteiger partial charge is 0.242 e. The van der Waals surface area contributed by atoms with Gasteiger partial charge in [-0.15, -0.1) is 0 Å². The fourth-order valence-electron chi connectivity index (χ4n) is 1.19. The fourth-order valence-corrected chi connectivity index (χ4v) is 3.17. The molecule has 0 fully saturated rings. The summed E-state index contributed by atoms with van der Waals surface area (Å²) in [6.07, 6.45) is 0. The molecule has 0 saturated carbocycles. The molecule has 0 amide bonds. The molecule has 0 aliphatic carbocycles. The molecule has 0 radical (unpaired) electrons. The second kappa shape index (κ2) is 4.24. The van der Waals surface area contributed by atoms with E-state index in [-0.39, 0.29) is 9.92 Å². The lowest BCUT2D eigenvalue weighted by molar-refractivity contribution is 0.491. The summed E-state index contributed by atoms with van der Waals surface area (Å²) in [7, 11) is -3.60. The largest absolute Gasteiger partial charge is 0.399 e. The highest BCUT2D eigenvalue weighted by molar-refractivity contribution is 7.89. The molecule has 0 bridgehead atoms. The van der Waals surface area contributed by atoms with Gasteiger partial charge in [0.05, 0.1) is 5.02 Å². The minimum absolute atomic E-state index is 0.0401. The van der Waals surface area contributed by atoms with Crippen molar-refractivity contribution >= 4 is 27.3 Å². The predicted molar refractivity (Wildman–Crippen MR) is 65.9 cm³/mol. The van der Waals surface area contributed by atoms with Crippen molar-refractivity contribution in [2.45, 2.75) is 31.2 Å².